The van der Waals surface area contributed by atoms with E-state index in [0.717, 1.165) is 42.2 Å². The molecule has 6 nitrogen and oxygen atoms in total. The third kappa shape index (κ3) is 5.54. The first-order chi connectivity index (χ1) is 17.2. The summed E-state index contributed by atoms with van der Waals surface area (Å²) >= 11 is 0. The summed E-state index contributed by atoms with van der Waals surface area (Å²) in [7, 11) is 0. The van der Waals surface area contributed by atoms with E-state index >= 15 is 0 Å². The zero-order valence-electron chi connectivity index (χ0n) is 19.9. The number of hydrogen-bond acceptors (Lipinski definition) is 4. The van der Waals surface area contributed by atoms with E-state index in [2.05, 4.69) is 4.90 Å². The lowest BCUT2D eigenvalue weighted by Gasteiger charge is -2.35. The van der Waals surface area contributed by atoms with Crippen molar-refractivity contribution in [1.29, 1.82) is 0 Å². The summed E-state index contributed by atoms with van der Waals surface area (Å²) in [4.78, 5) is 32.0. The van der Waals surface area contributed by atoms with E-state index in [9.17, 15) is 9.59 Å². The minimum Gasteiger partial charge on any atom is -0.492 e. The largest absolute Gasteiger partial charge is 0.492 e. The Balaban J connectivity index is 1.17. The number of ether oxygens (including phenoxy) is 1. The SMILES string of the molecule is O=C(c1ccc2c(c1)CCC(=O)N2Cc1ccccc1)N1CCN(CCOc2ccccc2)CC1. The standard InChI is InChI=1S/C29H31N3O3/c33-28-14-12-24-21-25(11-13-27(24)32(28)22-23-7-3-1-4-8-23)29(34)31-17-15-30(16-18-31)19-20-35-26-9-5-2-6-10-26/h1-11,13,21H,12,14-20,22H2. The van der Waals surface area contributed by atoms with Crippen LogP contribution in [0.4, 0.5) is 5.69 Å². The third-order valence-corrected chi connectivity index (χ3v) is 6.79. The molecule has 6 heteroatoms. The van der Waals surface area contributed by atoms with Crippen LogP contribution < -0.4 is 9.64 Å². The summed E-state index contributed by atoms with van der Waals surface area (Å²) in [6.07, 6.45) is 1.15. The summed E-state index contributed by atoms with van der Waals surface area (Å²) in [5, 5.41) is 0. The van der Waals surface area contributed by atoms with Crippen LogP contribution in [0.3, 0.4) is 0 Å². The molecule has 35 heavy (non-hydrogen) atoms. The molecule has 180 valence electrons. The number of rotatable bonds is 7. The smallest absolute Gasteiger partial charge is 0.253 e. The first-order valence-electron chi connectivity index (χ1n) is 12.3. The molecule has 0 radical (unpaired) electrons. The number of anilines is 1. The molecular weight excluding hydrogens is 438 g/mol. The third-order valence-electron chi connectivity index (χ3n) is 6.79. The molecule has 0 spiro atoms. The van der Waals surface area contributed by atoms with Gasteiger partial charge in [-0.1, -0.05) is 48.5 Å². The minimum absolute atomic E-state index is 0.0690. The number of aryl methyl sites for hydroxylation is 1. The zero-order valence-corrected chi connectivity index (χ0v) is 19.9. The van der Waals surface area contributed by atoms with Gasteiger partial charge in [-0.15, -0.1) is 0 Å². The summed E-state index contributed by atoms with van der Waals surface area (Å²) in [5.41, 5.74) is 3.80. The Bertz CT molecular complexity index is 1160. The molecule has 0 saturated carbocycles. The molecule has 0 bridgehead atoms. The molecule has 3 aromatic rings. The van der Waals surface area contributed by atoms with Crippen molar-refractivity contribution in [3.63, 3.8) is 0 Å². The summed E-state index contributed by atoms with van der Waals surface area (Å²) in [6.45, 7) is 5.14. The first kappa shape index (κ1) is 23.1. The van der Waals surface area contributed by atoms with Gasteiger partial charge in [0.05, 0.1) is 6.54 Å². The van der Waals surface area contributed by atoms with Crippen molar-refractivity contribution in [2.45, 2.75) is 19.4 Å². The number of hydrogen-bond donors (Lipinski definition) is 0. The normalized spacial score (nSPS) is 16.2. The molecule has 2 amide bonds. The van der Waals surface area contributed by atoms with Gasteiger partial charge in [0.25, 0.3) is 5.91 Å². The van der Waals surface area contributed by atoms with E-state index in [4.69, 9.17) is 4.74 Å². The molecule has 2 aliphatic heterocycles. The number of carbonyl (C=O) groups excluding carboxylic acids is 2. The minimum atomic E-state index is 0.0690. The quantitative estimate of drug-likeness (QED) is 0.525. The number of benzene rings is 3. The van der Waals surface area contributed by atoms with E-state index in [1.807, 2.05) is 88.7 Å². The van der Waals surface area contributed by atoms with Crippen LogP contribution in [0.1, 0.15) is 27.9 Å². The lowest BCUT2D eigenvalue weighted by Crippen LogP contribution is -2.49. The van der Waals surface area contributed by atoms with E-state index < -0.39 is 0 Å². The van der Waals surface area contributed by atoms with Crippen molar-refractivity contribution >= 4 is 17.5 Å². The summed E-state index contributed by atoms with van der Waals surface area (Å²) in [6, 6.07) is 25.7. The molecule has 0 atom stereocenters. The molecule has 1 saturated heterocycles. The van der Waals surface area contributed by atoms with E-state index in [1.165, 1.54) is 0 Å². The molecule has 3 aromatic carbocycles. The van der Waals surface area contributed by atoms with Gasteiger partial charge in [-0.2, -0.15) is 0 Å². The van der Waals surface area contributed by atoms with Crippen LogP contribution in [-0.4, -0.2) is 60.9 Å². The van der Waals surface area contributed by atoms with Crippen LogP contribution in [-0.2, 0) is 17.8 Å². The van der Waals surface area contributed by atoms with Gasteiger partial charge in [-0.05, 0) is 47.9 Å². The van der Waals surface area contributed by atoms with Gasteiger partial charge in [0.15, 0.2) is 0 Å². The highest BCUT2D eigenvalue weighted by molar-refractivity contribution is 5.99. The maximum Gasteiger partial charge on any atom is 0.253 e. The molecule has 0 aliphatic carbocycles. The second-order valence-electron chi connectivity index (χ2n) is 9.10. The second kappa shape index (κ2) is 10.7. The van der Waals surface area contributed by atoms with Gasteiger partial charge in [0.2, 0.25) is 5.91 Å². The topological polar surface area (TPSA) is 53.1 Å². The predicted octanol–water partition coefficient (Wildman–Crippen LogP) is 4.00. The van der Waals surface area contributed by atoms with E-state index in [1.54, 1.807) is 0 Å². The monoisotopic (exact) mass is 469 g/mol. The summed E-state index contributed by atoms with van der Waals surface area (Å²) in [5.74, 6) is 1.09. The van der Waals surface area contributed by atoms with Crippen molar-refractivity contribution in [3.05, 3.63) is 95.6 Å². The number of nitrogens with zero attached hydrogens (tertiary/aromatic N) is 3. The van der Waals surface area contributed by atoms with Gasteiger partial charge in [-0.25, -0.2) is 0 Å². The van der Waals surface area contributed by atoms with Crippen LogP contribution in [0.5, 0.6) is 5.75 Å². The van der Waals surface area contributed by atoms with Crippen LogP contribution in [0.25, 0.3) is 0 Å². The fourth-order valence-corrected chi connectivity index (χ4v) is 4.80. The number of amides is 2. The fourth-order valence-electron chi connectivity index (χ4n) is 4.80. The van der Waals surface area contributed by atoms with Crippen molar-refractivity contribution < 1.29 is 14.3 Å². The van der Waals surface area contributed by atoms with E-state index in [0.29, 0.717) is 44.6 Å². The van der Waals surface area contributed by atoms with Crippen LogP contribution in [0, 0.1) is 0 Å². The number of piperazine rings is 1. The molecule has 2 aliphatic rings. The van der Waals surface area contributed by atoms with Gasteiger partial charge < -0.3 is 14.5 Å². The molecule has 2 heterocycles. The first-order valence-corrected chi connectivity index (χ1v) is 12.3. The molecule has 0 aromatic heterocycles. The van der Waals surface area contributed by atoms with Crippen molar-refractivity contribution in [3.8, 4) is 5.75 Å². The molecule has 1 fully saturated rings. The molecule has 0 N–H and O–H groups in total. The number of carbonyl (C=O) groups is 2. The Morgan fingerprint density at radius 2 is 1.54 bits per heavy atom. The van der Waals surface area contributed by atoms with Gasteiger partial charge in [0.1, 0.15) is 12.4 Å². The Kier molecular flexibility index (Phi) is 7.09. The highest BCUT2D eigenvalue weighted by Crippen LogP contribution is 2.30. The molecule has 0 unspecified atom stereocenters. The Labute approximate surface area is 206 Å². The number of para-hydroxylation sites is 1. The Morgan fingerprint density at radius 3 is 2.29 bits per heavy atom. The van der Waals surface area contributed by atoms with Crippen molar-refractivity contribution in [2.75, 3.05) is 44.2 Å². The highest BCUT2D eigenvalue weighted by Gasteiger charge is 2.27. The molecule has 5 rings (SSSR count). The second-order valence-corrected chi connectivity index (χ2v) is 9.10. The van der Waals surface area contributed by atoms with Crippen molar-refractivity contribution in [1.82, 2.24) is 9.80 Å². The van der Waals surface area contributed by atoms with Crippen molar-refractivity contribution in [2.24, 2.45) is 0 Å². The highest BCUT2D eigenvalue weighted by atomic mass is 16.5. The lowest BCUT2D eigenvalue weighted by molar-refractivity contribution is -0.119. The Morgan fingerprint density at radius 1 is 0.829 bits per heavy atom. The maximum absolute atomic E-state index is 13.2. The van der Waals surface area contributed by atoms with Gasteiger partial charge in [-0.3, -0.25) is 14.5 Å². The van der Waals surface area contributed by atoms with Gasteiger partial charge >= 0.3 is 0 Å². The van der Waals surface area contributed by atoms with Crippen LogP contribution in [0.2, 0.25) is 0 Å². The van der Waals surface area contributed by atoms with Crippen LogP contribution >= 0.6 is 0 Å². The average Bonchev–Trinajstić information content (AvgIpc) is 2.91. The maximum atomic E-state index is 13.2. The zero-order chi connectivity index (χ0) is 24.0. The lowest BCUT2D eigenvalue weighted by atomic mass is 9.97. The van der Waals surface area contributed by atoms with Crippen LogP contribution in [0.15, 0.2) is 78.9 Å². The predicted molar refractivity (Wildman–Crippen MR) is 137 cm³/mol. The average molecular weight is 470 g/mol. The Hall–Kier alpha value is -3.64. The fraction of sp³-hybridized carbons (Fsp3) is 0.310. The van der Waals surface area contributed by atoms with E-state index in [-0.39, 0.29) is 11.8 Å². The number of fused-ring (bicyclic) bond motifs is 1. The molecular formula is C29H31N3O3. The van der Waals surface area contributed by atoms with Gasteiger partial charge in [0, 0.05) is 50.4 Å². The summed E-state index contributed by atoms with van der Waals surface area (Å²) < 4.78 is 5.81.